The van der Waals surface area contributed by atoms with Crippen molar-refractivity contribution in [1.29, 1.82) is 0 Å². The first-order valence-electron chi connectivity index (χ1n) is 9.10. The first-order chi connectivity index (χ1) is 13.4. The third kappa shape index (κ3) is 5.17. The SMILES string of the molecule is COc1cc(Nc2cc(C(F)(F)F)nc(NC3CCCCC3)n2)cc(OC)c1. The molecular weight excluding hydrogens is 373 g/mol. The molecule has 0 unspecified atom stereocenters. The van der Waals surface area contributed by atoms with Crippen molar-refractivity contribution < 1.29 is 22.6 Å². The largest absolute Gasteiger partial charge is 0.497 e. The lowest BCUT2D eigenvalue weighted by atomic mass is 9.96. The van der Waals surface area contributed by atoms with Crippen LogP contribution >= 0.6 is 0 Å². The summed E-state index contributed by atoms with van der Waals surface area (Å²) in [6, 6.07) is 5.93. The minimum atomic E-state index is -4.57. The summed E-state index contributed by atoms with van der Waals surface area (Å²) in [6.07, 6.45) is 0.460. The van der Waals surface area contributed by atoms with E-state index in [9.17, 15) is 13.2 Å². The van der Waals surface area contributed by atoms with Gasteiger partial charge in [-0.1, -0.05) is 19.3 Å². The highest BCUT2D eigenvalue weighted by Crippen LogP contribution is 2.32. The van der Waals surface area contributed by atoms with Gasteiger partial charge in [-0.25, -0.2) is 4.98 Å². The van der Waals surface area contributed by atoms with E-state index in [2.05, 4.69) is 20.6 Å². The number of alkyl halides is 3. The predicted molar refractivity (Wildman–Crippen MR) is 100 cm³/mol. The molecule has 28 heavy (non-hydrogen) atoms. The molecule has 1 aromatic carbocycles. The minimum absolute atomic E-state index is 0.0286. The highest BCUT2D eigenvalue weighted by Gasteiger charge is 2.34. The zero-order valence-electron chi connectivity index (χ0n) is 15.8. The smallest absolute Gasteiger partial charge is 0.433 e. The van der Waals surface area contributed by atoms with Crippen LogP contribution < -0.4 is 20.1 Å². The topological polar surface area (TPSA) is 68.3 Å². The lowest BCUT2D eigenvalue weighted by Gasteiger charge is -2.23. The maximum atomic E-state index is 13.3. The summed E-state index contributed by atoms with van der Waals surface area (Å²) in [4.78, 5) is 7.90. The van der Waals surface area contributed by atoms with Crippen LogP contribution in [0, 0.1) is 0 Å². The van der Waals surface area contributed by atoms with E-state index in [1.807, 2.05) is 0 Å². The molecule has 2 N–H and O–H groups in total. The van der Waals surface area contributed by atoms with Gasteiger partial charge in [-0.3, -0.25) is 0 Å². The second kappa shape index (κ2) is 8.53. The zero-order valence-corrected chi connectivity index (χ0v) is 15.8. The lowest BCUT2D eigenvalue weighted by Crippen LogP contribution is -2.24. The van der Waals surface area contributed by atoms with E-state index in [0.717, 1.165) is 38.2 Å². The Hall–Kier alpha value is -2.71. The number of methoxy groups -OCH3 is 2. The van der Waals surface area contributed by atoms with Gasteiger partial charge in [0, 0.05) is 36.0 Å². The van der Waals surface area contributed by atoms with Crippen LogP contribution in [-0.2, 0) is 6.18 Å². The maximum Gasteiger partial charge on any atom is 0.433 e. The predicted octanol–water partition coefficient (Wildman–Crippen LogP) is 5.00. The molecule has 1 aliphatic rings. The van der Waals surface area contributed by atoms with Gasteiger partial charge in [-0.2, -0.15) is 18.2 Å². The number of ether oxygens (including phenoxy) is 2. The normalized spacial score (nSPS) is 15.2. The summed E-state index contributed by atoms with van der Waals surface area (Å²) in [6.45, 7) is 0. The van der Waals surface area contributed by atoms with E-state index in [-0.39, 0.29) is 17.8 Å². The molecule has 0 spiro atoms. The standard InChI is InChI=1S/C19H23F3N4O2/c1-27-14-8-13(9-15(10-14)28-2)23-17-11-16(19(20,21)22)25-18(26-17)24-12-6-4-3-5-7-12/h8-12H,3-7H2,1-2H3,(H2,23,24,25,26). The third-order valence-corrected chi connectivity index (χ3v) is 4.58. The van der Waals surface area contributed by atoms with Crippen LogP contribution in [0.15, 0.2) is 24.3 Å². The van der Waals surface area contributed by atoms with Gasteiger partial charge in [0.2, 0.25) is 5.95 Å². The Morgan fingerprint density at radius 1 is 0.929 bits per heavy atom. The van der Waals surface area contributed by atoms with Crippen molar-refractivity contribution in [2.24, 2.45) is 0 Å². The lowest BCUT2D eigenvalue weighted by molar-refractivity contribution is -0.141. The Bertz CT molecular complexity index is 786. The van der Waals surface area contributed by atoms with Crippen LogP contribution in [0.1, 0.15) is 37.8 Å². The van der Waals surface area contributed by atoms with Crippen LogP contribution in [0.4, 0.5) is 30.6 Å². The Balaban J connectivity index is 1.90. The molecule has 1 saturated carbocycles. The summed E-state index contributed by atoms with van der Waals surface area (Å²) in [7, 11) is 2.99. The number of halogens is 3. The van der Waals surface area contributed by atoms with Crippen LogP contribution in [-0.4, -0.2) is 30.2 Å². The maximum absolute atomic E-state index is 13.3. The molecule has 1 aliphatic carbocycles. The third-order valence-electron chi connectivity index (χ3n) is 4.58. The Kier molecular flexibility index (Phi) is 6.11. The summed E-state index contributed by atoms with van der Waals surface area (Å²) in [5.41, 5.74) is -0.509. The van der Waals surface area contributed by atoms with Crippen molar-refractivity contribution in [2.75, 3.05) is 24.9 Å². The second-order valence-corrected chi connectivity index (χ2v) is 6.67. The zero-order chi connectivity index (χ0) is 20.1. The Morgan fingerprint density at radius 2 is 1.57 bits per heavy atom. The van der Waals surface area contributed by atoms with E-state index in [1.54, 1.807) is 18.2 Å². The molecule has 3 rings (SSSR count). The van der Waals surface area contributed by atoms with Crippen LogP contribution in [0.3, 0.4) is 0 Å². The van der Waals surface area contributed by atoms with Gasteiger partial charge in [-0.15, -0.1) is 0 Å². The van der Waals surface area contributed by atoms with Crippen LogP contribution in [0.5, 0.6) is 11.5 Å². The van der Waals surface area contributed by atoms with Gasteiger partial charge in [0.25, 0.3) is 0 Å². The fourth-order valence-corrected chi connectivity index (χ4v) is 3.18. The van der Waals surface area contributed by atoms with E-state index in [0.29, 0.717) is 17.2 Å². The second-order valence-electron chi connectivity index (χ2n) is 6.67. The van der Waals surface area contributed by atoms with Gasteiger partial charge in [0.1, 0.15) is 17.3 Å². The summed E-state index contributed by atoms with van der Waals surface area (Å²) >= 11 is 0. The molecule has 1 aromatic heterocycles. The molecule has 0 amide bonds. The van der Waals surface area contributed by atoms with E-state index >= 15 is 0 Å². The number of nitrogens with zero attached hydrogens (tertiary/aromatic N) is 2. The van der Waals surface area contributed by atoms with Crippen molar-refractivity contribution in [3.8, 4) is 11.5 Å². The monoisotopic (exact) mass is 396 g/mol. The van der Waals surface area contributed by atoms with Crippen molar-refractivity contribution in [1.82, 2.24) is 9.97 Å². The van der Waals surface area contributed by atoms with E-state index in [1.165, 1.54) is 14.2 Å². The number of hydrogen-bond acceptors (Lipinski definition) is 6. The molecule has 0 radical (unpaired) electrons. The molecule has 2 aromatic rings. The highest BCUT2D eigenvalue weighted by atomic mass is 19.4. The summed E-state index contributed by atoms with van der Waals surface area (Å²) in [5.74, 6) is 1.02. The number of aromatic nitrogens is 2. The van der Waals surface area contributed by atoms with Crippen molar-refractivity contribution >= 4 is 17.5 Å². The Labute approximate surface area is 161 Å². The molecule has 1 heterocycles. The number of benzene rings is 1. The first-order valence-corrected chi connectivity index (χ1v) is 9.10. The quantitative estimate of drug-likeness (QED) is 0.716. The first kappa shape index (κ1) is 20.0. The van der Waals surface area contributed by atoms with E-state index < -0.39 is 11.9 Å². The number of hydrogen-bond donors (Lipinski definition) is 2. The number of anilines is 3. The molecule has 0 saturated heterocycles. The summed E-state index contributed by atoms with van der Waals surface area (Å²) in [5, 5.41) is 5.95. The van der Waals surface area contributed by atoms with Gasteiger partial charge in [0.05, 0.1) is 14.2 Å². The molecule has 0 atom stereocenters. The van der Waals surface area contributed by atoms with Crippen molar-refractivity contribution in [3.63, 3.8) is 0 Å². The highest BCUT2D eigenvalue weighted by molar-refractivity contribution is 5.62. The van der Waals surface area contributed by atoms with Crippen LogP contribution in [0.2, 0.25) is 0 Å². The fraction of sp³-hybridized carbons (Fsp3) is 0.474. The molecule has 6 nitrogen and oxygen atoms in total. The van der Waals surface area contributed by atoms with Gasteiger partial charge in [0.15, 0.2) is 5.69 Å². The number of nitrogens with one attached hydrogen (secondary N) is 2. The van der Waals surface area contributed by atoms with Crippen molar-refractivity contribution in [3.05, 3.63) is 30.0 Å². The van der Waals surface area contributed by atoms with Gasteiger partial charge < -0.3 is 20.1 Å². The number of rotatable bonds is 6. The Morgan fingerprint density at radius 3 is 2.14 bits per heavy atom. The van der Waals surface area contributed by atoms with Gasteiger partial charge in [-0.05, 0) is 12.8 Å². The van der Waals surface area contributed by atoms with E-state index in [4.69, 9.17) is 9.47 Å². The molecule has 0 aliphatic heterocycles. The fourth-order valence-electron chi connectivity index (χ4n) is 3.18. The minimum Gasteiger partial charge on any atom is -0.497 e. The average Bonchev–Trinajstić information content (AvgIpc) is 2.67. The summed E-state index contributed by atoms with van der Waals surface area (Å²) < 4.78 is 50.3. The molecule has 152 valence electrons. The van der Waals surface area contributed by atoms with Crippen LogP contribution in [0.25, 0.3) is 0 Å². The average molecular weight is 396 g/mol. The molecule has 0 bridgehead atoms. The molecular formula is C19H23F3N4O2. The molecule has 1 fully saturated rings. The molecule has 9 heteroatoms. The van der Waals surface area contributed by atoms with Gasteiger partial charge >= 0.3 is 6.18 Å². The van der Waals surface area contributed by atoms with Crippen molar-refractivity contribution in [2.45, 2.75) is 44.3 Å².